The molecule has 0 amide bonds. The van der Waals surface area contributed by atoms with Gasteiger partial charge in [-0.2, -0.15) is 0 Å². The summed E-state index contributed by atoms with van der Waals surface area (Å²) in [6, 6.07) is 1.45. The van der Waals surface area contributed by atoms with Crippen LogP contribution in [0.25, 0.3) is 0 Å². The number of piperidine rings is 1. The van der Waals surface area contributed by atoms with Crippen molar-refractivity contribution < 1.29 is 0 Å². The SMILES string of the molecule is CC12CCC(C1)C(C)(C)C2NC1CCCNC1. The Bertz CT molecular complexity index is 289. The topological polar surface area (TPSA) is 24.1 Å². The van der Waals surface area contributed by atoms with Gasteiger partial charge in [-0.3, -0.25) is 0 Å². The molecular weight excluding hydrogens is 208 g/mol. The molecule has 0 radical (unpaired) electrons. The van der Waals surface area contributed by atoms with Crippen molar-refractivity contribution in [1.82, 2.24) is 10.6 Å². The zero-order valence-electron chi connectivity index (χ0n) is 11.7. The molecule has 2 bridgehead atoms. The van der Waals surface area contributed by atoms with E-state index in [9.17, 15) is 0 Å². The van der Waals surface area contributed by atoms with Gasteiger partial charge in [0.1, 0.15) is 0 Å². The van der Waals surface area contributed by atoms with Crippen molar-refractivity contribution in [3.63, 3.8) is 0 Å². The van der Waals surface area contributed by atoms with Crippen LogP contribution in [0.5, 0.6) is 0 Å². The smallest absolute Gasteiger partial charge is 0.0196 e. The van der Waals surface area contributed by atoms with Crippen molar-refractivity contribution in [2.45, 2.75) is 65.0 Å². The summed E-state index contributed by atoms with van der Waals surface area (Å²) in [6.45, 7) is 9.90. The molecule has 3 aliphatic rings. The summed E-state index contributed by atoms with van der Waals surface area (Å²) < 4.78 is 0. The van der Waals surface area contributed by atoms with Gasteiger partial charge in [0.15, 0.2) is 0 Å². The van der Waals surface area contributed by atoms with Crippen LogP contribution >= 0.6 is 0 Å². The number of rotatable bonds is 2. The van der Waals surface area contributed by atoms with Crippen molar-refractivity contribution in [3.05, 3.63) is 0 Å². The van der Waals surface area contributed by atoms with E-state index in [0.717, 1.165) is 12.0 Å². The van der Waals surface area contributed by atoms with Crippen molar-refractivity contribution in [3.8, 4) is 0 Å². The Morgan fingerprint density at radius 1 is 1.18 bits per heavy atom. The molecular formula is C15H28N2. The number of hydrogen-bond donors (Lipinski definition) is 2. The molecule has 1 aliphatic heterocycles. The van der Waals surface area contributed by atoms with E-state index in [0.29, 0.717) is 16.9 Å². The molecule has 2 nitrogen and oxygen atoms in total. The summed E-state index contributed by atoms with van der Waals surface area (Å²) in [5.41, 5.74) is 1.08. The molecule has 0 aromatic carbocycles. The lowest BCUT2D eigenvalue weighted by molar-refractivity contribution is 0.0944. The van der Waals surface area contributed by atoms with Crippen LogP contribution in [0.1, 0.15) is 52.9 Å². The average molecular weight is 236 g/mol. The summed E-state index contributed by atoms with van der Waals surface area (Å²) in [7, 11) is 0. The normalized spacial score (nSPS) is 48.5. The van der Waals surface area contributed by atoms with Crippen LogP contribution < -0.4 is 10.6 Å². The standard InChI is InChI=1S/C15H28N2/c1-14(2)11-6-7-15(3,9-11)13(14)17-12-5-4-8-16-10-12/h11-13,16-17H,4-10H2,1-3H3. The average Bonchev–Trinajstić information content (AvgIpc) is 2.77. The third kappa shape index (κ3) is 1.84. The second kappa shape index (κ2) is 3.96. The van der Waals surface area contributed by atoms with Crippen LogP contribution in [0.2, 0.25) is 0 Å². The summed E-state index contributed by atoms with van der Waals surface area (Å²) >= 11 is 0. The first kappa shape index (κ1) is 12.0. The minimum atomic E-state index is 0.504. The first-order valence-corrected chi connectivity index (χ1v) is 7.49. The van der Waals surface area contributed by atoms with E-state index < -0.39 is 0 Å². The second-order valence-electron chi connectivity index (χ2n) is 7.56. The first-order chi connectivity index (χ1) is 8.02. The predicted molar refractivity (Wildman–Crippen MR) is 72.0 cm³/mol. The van der Waals surface area contributed by atoms with E-state index in [-0.39, 0.29) is 0 Å². The Balaban J connectivity index is 1.73. The van der Waals surface area contributed by atoms with Crippen molar-refractivity contribution in [1.29, 1.82) is 0 Å². The molecule has 3 rings (SSSR count). The van der Waals surface area contributed by atoms with E-state index in [4.69, 9.17) is 0 Å². The van der Waals surface area contributed by atoms with Crippen molar-refractivity contribution in [2.75, 3.05) is 13.1 Å². The van der Waals surface area contributed by atoms with Crippen LogP contribution in [0.15, 0.2) is 0 Å². The highest BCUT2D eigenvalue weighted by Gasteiger charge is 2.59. The van der Waals surface area contributed by atoms with Gasteiger partial charge in [0.05, 0.1) is 0 Å². The minimum absolute atomic E-state index is 0.504. The molecule has 1 saturated heterocycles. The zero-order valence-corrected chi connectivity index (χ0v) is 11.7. The second-order valence-corrected chi connectivity index (χ2v) is 7.56. The first-order valence-electron chi connectivity index (χ1n) is 7.49. The fourth-order valence-corrected chi connectivity index (χ4v) is 4.95. The van der Waals surface area contributed by atoms with E-state index >= 15 is 0 Å². The molecule has 2 heteroatoms. The van der Waals surface area contributed by atoms with Crippen LogP contribution in [0.3, 0.4) is 0 Å². The third-order valence-corrected chi connectivity index (χ3v) is 5.97. The fraction of sp³-hybridized carbons (Fsp3) is 1.00. The molecule has 4 unspecified atom stereocenters. The summed E-state index contributed by atoms with van der Waals surface area (Å²) in [4.78, 5) is 0. The van der Waals surface area contributed by atoms with Gasteiger partial charge in [-0.15, -0.1) is 0 Å². The summed E-state index contributed by atoms with van der Waals surface area (Å²) in [6.07, 6.45) is 7.06. The van der Waals surface area contributed by atoms with Gasteiger partial charge in [-0.25, -0.2) is 0 Å². The quantitative estimate of drug-likeness (QED) is 0.770. The molecule has 2 aliphatic carbocycles. The highest BCUT2D eigenvalue weighted by molar-refractivity contribution is 5.12. The van der Waals surface area contributed by atoms with E-state index in [1.54, 1.807) is 0 Å². The number of fused-ring (bicyclic) bond motifs is 2. The number of hydrogen-bond acceptors (Lipinski definition) is 2. The molecule has 2 saturated carbocycles. The van der Waals surface area contributed by atoms with E-state index in [2.05, 4.69) is 31.4 Å². The van der Waals surface area contributed by atoms with Crippen LogP contribution in [-0.4, -0.2) is 25.2 Å². The number of nitrogens with one attached hydrogen (secondary N) is 2. The van der Waals surface area contributed by atoms with Gasteiger partial charge in [0.25, 0.3) is 0 Å². The Labute approximate surface area is 106 Å². The monoisotopic (exact) mass is 236 g/mol. The molecule has 17 heavy (non-hydrogen) atoms. The zero-order chi connectivity index (χ0) is 12.1. The molecule has 0 aromatic rings. The van der Waals surface area contributed by atoms with E-state index in [1.165, 1.54) is 45.2 Å². The lowest BCUT2D eigenvalue weighted by atomic mass is 9.68. The van der Waals surface area contributed by atoms with Crippen LogP contribution in [-0.2, 0) is 0 Å². The Morgan fingerprint density at radius 3 is 2.59 bits per heavy atom. The minimum Gasteiger partial charge on any atom is -0.315 e. The lowest BCUT2D eigenvalue weighted by Gasteiger charge is -2.45. The molecule has 4 atom stereocenters. The van der Waals surface area contributed by atoms with E-state index in [1.807, 2.05) is 0 Å². The van der Waals surface area contributed by atoms with Gasteiger partial charge in [-0.1, -0.05) is 20.8 Å². The van der Waals surface area contributed by atoms with Crippen molar-refractivity contribution in [2.24, 2.45) is 16.7 Å². The molecule has 0 spiro atoms. The van der Waals surface area contributed by atoms with Crippen molar-refractivity contribution >= 4 is 0 Å². The van der Waals surface area contributed by atoms with Crippen LogP contribution in [0.4, 0.5) is 0 Å². The largest absolute Gasteiger partial charge is 0.315 e. The summed E-state index contributed by atoms with van der Waals surface area (Å²) in [5, 5.41) is 7.55. The maximum Gasteiger partial charge on any atom is 0.0196 e. The maximum atomic E-state index is 4.02. The Morgan fingerprint density at radius 2 is 2.00 bits per heavy atom. The molecule has 2 N–H and O–H groups in total. The lowest BCUT2D eigenvalue weighted by Crippen LogP contribution is -2.56. The van der Waals surface area contributed by atoms with Gasteiger partial charge >= 0.3 is 0 Å². The fourth-order valence-electron chi connectivity index (χ4n) is 4.95. The summed E-state index contributed by atoms with van der Waals surface area (Å²) in [5.74, 6) is 0.960. The van der Waals surface area contributed by atoms with Crippen LogP contribution in [0, 0.1) is 16.7 Å². The molecule has 3 fully saturated rings. The van der Waals surface area contributed by atoms with Gasteiger partial charge < -0.3 is 10.6 Å². The molecule has 1 heterocycles. The predicted octanol–water partition coefficient (Wildman–Crippen LogP) is 2.54. The maximum absolute atomic E-state index is 4.02. The van der Waals surface area contributed by atoms with Gasteiger partial charge in [-0.05, 0) is 55.4 Å². The van der Waals surface area contributed by atoms with Gasteiger partial charge in [0, 0.05) is 18.6 Å². The third-order valence-electron chi connectivity index (χ3n) is 5.97. The molecule has 98 valence electrons. The Hall–Kier alpha value is -0.0800. The Kier molecular flexibility index (Phi) is 2.79. The van der Waals surface area contributed by atoms with Gasteiger partial charge in [0.2, 0.25) is 0 Å². The highest BCUT2D eigenvalue weighted by atomic mass is 15.1. The highest BCUT2D eigenvalue weighted by Crippen LogP contribution is 2.62. The molecule has 0 aromatic heterocycles.